The first-order valence-electron chi connectivity index (χ1n) is 6.02. The number of nitrogens with zero attached hydrogens (tertiary/aromatic N) is 1. The average molecular weight is 319 g/mol. The van der Waals surface area contributed by atoms with Gasteiger partial charge in [0.1, 0.15) is 5.82 Å². The van der Waals surface area contributed by atoms with Crippen LogP contribution in [0.3, 0.4) is 0 Å². The van der Waals surface area contributed by atoms with Crippen LogP contribution >= 0.6 is 15.9 Å². The Kier molecular flexibility index (Phi) is 6.78. The van der Waals surface area contributed by atoms with Crippen molar-refractivity contribution < 1.29 is 9.13 Å². The zero-order valence-corrected chi connectivity index (χ0v) is 12.4. The van der Waals surface area contributed by atoms with Crippen molar-refractivity contribution in [2.45, 2.75) is 13.0 Å². The summed E-state index contributed by atoms with van der Waals surface area (Å²) in [4.78, 5) is 2.23. The van der Waals surface area contributed by atoms with Gasteiger partial charge in [0.2, 0.25) is 0 Å². The second-order valence-electron chi connectivity index (χ2n) is 4.05. The van der Waals surface area contributed by atoms with Crippen molar-refractivity contribution in [3.63, 3.8) is 0 Å². The largest absolute Gasteiger partial charge is 0.383 e. The van der Waals surface area contributed by atoms with Crippen LogP contribution in [0.25, 0.3) is 0 Å². The number of halogens is 2. The lowest BCUT2D eigenvalue weighted by Gasteiger charge is -2.30. The lowest BCUT2D eigenvalue weighted by atomic mass is 10.1. The molecule has 0 saturated carbocycles. The quantitative estimate of drug-likeness (QED) is 0.839. The highest BCUT2D eigenvalue weighted by Crippen LogP contribution is 2.24. The van der Waals surface area contributed by atoms with E-state index < -0.39 is 0 Å². The molecule has 1 aromatic rings. The molecule has 0 aliphatic heterocycles. The zero-order chi connectivity index (χ0) is 13.5. The first kappa shape index (κ1) is 15.6. The molecule has 1 rings (SSSR count). The Morgan fingerprint density at radius 2 is 2.22 bits per heavy atom. The third-order valence-electron chi connectivity index (χ3n) is 2.98. The molecule has 0 aromatic heterocycles. The van der Waals surface area contributed by atoms with E-state index in [9.17, 15) is 4.39 Å². The number of benzene rings is 1. The van der Waals surface area contributed by atoms with Crippen molar-refractivity contribution >= 4 is 15.9 Å². The normalized spacial score (nSPS) is 13.0. The van der Waals surface area contributed by atoms with Crippen molar-refractivity contribution in [3.8, 4) is 0 Å². The molecule has 18 heavy (non-hydrogen) atoms. The Labute approximate surface area is 116 Å². The molecule has 2 N–H and O–H groups in total. The van der Waals surface area contributed by atoms with Gasteiger partial charge in [0.25, 0.3) is 0 Å². The summed E-state index contributed by atoms with van der Waals surface area (Å²) in [7, 11) is 1.68. The third-order valence-corrected chi connectivity index (χ3v) is 3.59. The maximum Gasteiger partial charge on any atom is 0.137 e. The predicted molar refractivity (Wildman–Crippen MR) is 75.0 cm³/mol. The van der Waals surface area contributed by atoms with E-state index in [0.29, 0.717) is 17.6 Å². The van der Waals surface area contributed by atoms with Crippen LogP contribution in [0.15, 0.2) is 22.7 Å². The molecule has 1 aromatic carbocycles. The van der Waals surface area contributed by atoms with Gasteiger partial charge in [-0.05, 0) is 40.2 Å². The van der Waals surface area contributed by atoms with E-state index in [2.05, 4.69) is 27.8 Å². The van der Waals surface area contributed by atoms with E-state index in [0.717, 1.165) is 18.7 Å². The van der Waals surface area contributed by atoms with E-state index in [1.807, 2.05) is 0 Å². The molecular formula is C13H20BrFN2O. The van der Waals surface area contributed by atoms with Crippen LogP contribution in [0.1, 0.15) is 18.5 Å². The molecular weight excluding hydrogens is 299 g/mol. The fourth-order valence-electron chi connectivity index (χ4n) is 1.96. The second-order valence-corrected chi connectivity index (χ2v) is 4.90. The first-order chi connectivity index (χ1) is 8.63. The van der Waals surface area contributed by atoms with E-state index in [-0.39, 0.29) is 11.9 Å². The molecule has 0 spiro atoms. The molecule has 3 nitrogen and oxygen atoms in total. The first-order valence-corrected chi connectivity index (χ1v) is 6.81. The van der Waals surface area contributed by atoms with Gasteiger partial charge in [-0.2, -0.15) is 0 Å². The fourth-order valence-corrected chi connectivity index (χ4v) is 2.36. The molecule has 5 heteroatoms. The van der Waals surface area contributed by atoms with Gasteiger partial charge in [0, 0.05) is 26.2 Å². The molecule has 0 fully saturated rings. The lowest BCUT2D eigenvalue weighted by molar-refractivity contribution is 0.125. The highest BCUT2D eigenvalue weighted by molar-refractivity contribution is 9.10. The van der Waals surface area contributed by atoms with Crippen LogP contribution in [-0.2, 0) is 4.74 Å². The molecule has 0 bridgehead atoms. The number of methoxy groups -OCH3 is 1. The minimum atomic E-state index is -0.255. The Hall–Kier alpha value is -0.490. The molecule has 102 valence electrons. The van der Waals surface area contributed by atoms with E-state index >= 15 is 0 Å². The van der Waals surface area contributed by atoms with Crippen LogP contribution in [0.5, 0.6) is 0 Å². The fraction of sp³-hybridized carbons (Fsp3) is 0.538. The Bertz CT molecular complexity index is 376. The summed E-state index contributed by atoms with van der Waals surface area (Å²) < 4.78 is 18.8. The summed E-state index contributed by atoms with van der Waals surface area (Å²) in [6.45, 7) is 4.92. The van der Waals surface area contributed by atoms with Crippen molar-refractivity contribution in [1.29, 1.82) is 0 Å². The summed E-state index contributed by atoms with van der Waals surface area (Å²) in [5.74, 6) is -0.255. The smallest absolute Gasteiger partial charge is 0.137 e. The minimum Gasteiger partial charge on any atom is -0.383 e. The molecule has 0 saturated heterocycles. The molecule has 0 aliphatic rings. The maximum atomic E-state index is 13.2. The van der Waals surface area contributed by atoms with Gasteiger partial charge < -0.3 is 10.5 Å². The van der Waals surface area contributed by atoms with Crippen LogP contribution in [-0.4, -0.2) is 38.3 Å². The maximum absolute atomic E-state index is 13.2. The number of rotatable bonds is 7. The standard InChI is InChI=1S/C13H20BrFN2O/c1-3-17(6-7-18-2)13(9-16)10-4-5-12(15)11(14)8-10/h4-5,8,13H,3,6-7,9,16H2,1-2H3. The Morgan fingerprint density at radius 3 is 2.72 bits per heavy atom. The summed E-state index contributed by atoms with van der Waals surface area (Å²) in [5.41, 5.74) is 6.87. The number of hydrogen-bond acceptors (Lipinski definition) is 3. The van der Waals surface area contributed by atoms with Crippen molar-refractivity contribution in [2.24, 2.45) is 5.73 Å². The van der Waals surface area contributed by atoms with Gasteiger partial charge >= 0.3 is 0 Å². The summed E-state index contributed by atoms with van der Waals surface area (Å²) in [6, 6.07) is 5.13. The van der Waals surface area contributed by atoms with Crippen LogP contribution in [0, 0.1) is 5.82 Å². The van der Waals surface area contributed by atoms with Crippen molar-refractivity contribution in [1.82, 2.24) is 4.90 Å². The van der Waals surface area contributed by atoms with Crippen LogP contribution in [0.2, 0.25) is 0 Å². The highest BCUT2D eigenvalue weighted by atomic mass is 79.9. The number of likely N-dealkylation sites (N-methyl/N-ethyl adjacent to an activating group) is 1. The van der Waals surface area contributed by atoms with Crippen LogP contribution in [0.4, 0.5) is 4.39 Å². The molecule has 0 amide bonds. The summed E-state index contributed by atoms with van der Waals surface area (Å²) >= 11 is 3.21. The van der Waals surface area contributed by atoms with Gasteiger partial charge in [0.15, 0.2) is 0 Å². The molecule has 0 radical (unpaired) electrons. The minimum absolute atomic E-state index is 0.0852. The second kappa shape index (κ2) is 7.84. The molecule has 1 unspecified atom stereocenters. The zero-order valence-electron chi connectivity index (χ0n) is 10.8. The Balaban J connectivity index is 2.88. The lowest BCUT2D eigenvalue weighted by Crippen LogP contribution is -2.36. The average Bonchev–Trinajstić information content (AvgIpc) is 2.38. The van der Waals surface area contributed by atoms with Gasteiger partial charge in [-0.1, -0.05) is 13.0 Å². The van der Waals surface area contributed by atoms with Crippen LogP contribution < -0.4 is 5.73 Å². The van der Waals surface area contributed by atoms with Gasteiger partial charge in [-0.3, -0.25) is 4.90 Å². The SMILES string of the molecule is CCN(CCOC)C(CN)c1ccc(F)c(Br)c1. The number of nitrogens with two attached hydrogens (primary N) is 1. The van der Waals surface area contributed by atoms with Gasteiger partial charge in [-0.15, -0.1) is 0 Å². The highest BCUT2D eigenvalue weighted by Gasteiger charge is 2.18. The van der Waals surface area contributed by atoms with E-state index in [4.69, 9.17) is 10.5 Å². The van der Waals surface area contributed by atoms with E-state index in [1.165, 1.54) is 6.07 Å². The van der Waals surface area contributed by atoms with Gasteiger partial charge in [-0.25, -0.2) is 4.39 Å². The number of ether oxygens (including phenoxy) is 1. The third kappa shape index (κ3) is 4.02. The number of hydrogen-bond donors (Lipinski definition) is 1. The van der Waals surface area contributed by atoms with Crippen molar-refractivity contribution in [3.05, 3.63) is 34.1 Å². The van der Waals surface area contributed by atoms with Gasteiger partial charge in [0.05, 0.1) is 11.1 Å². The topological polar surface area (TPSA) is 38.5 Å². The molecule has 1 atom stereocenters. The van der Waals surface area contributed by atoms with E-state index in [1.54, 1.807) is 19.2 Å². The predicted octanol–water partition coefficient (Wildman–Crippen LogP) is 2.56. The monoisotopic (exact) mass is 318 g/mol. The summed E-state index contributed by atoms with van der Waals surface area (Å²) in [6.07, 6.45) is 0. The van der Waals surface area contributed by atoms with Crippen molar-refractivity contribution in [2.75, 3.05) is 33.4 Å². The Morgan fingerprint density at radius 1 is 1.50 bits per heavy atom. The summed E-state index contributed by atoms with van der Waals surface area (Å²) in [5, 5.41) is 0. The molecule has 0 heterocycles. The molecule has 0 aliphatic carbocycles.